The molecule has 4 nitrogen and oxygen atoms in total. The van der Waals surface area contributed by atoms with Gasteiger partial charge in [0.1, 0.15) is 17.3 Å². The third-order valence-electron chi connectivity index (χ3n) is 4.54. The van der Waals surface area contributed by atoms with Crippen molar-refractivity contribution in [2.75, 3.05) is 19.0 Å². The molecule has 0 radical (unpaired) electrons. The summed E-state index contributed by atoms with van der Waals surface area (Å²) in [6.07, 6.45) is 3.34. The quantitative estimate of drug-likeness (QED) is 0.671. The lowest BCUT2D eigenvalue weighted by molar-refractivity contribution is 0.416. The molecule has 1 N–H and O–H groups in total. The van der Waals surface area contributed by atoms with Gasteiger partial charge in [-0.2, -0.15) is 5.10 Å². The first-order valence-corrected chi connectivity index (χ1v) is 9.32. The lowest BCUT2D eigenvalue weighted by Gasteiger charge is -2.09. The Hall–Kier alpha value is -2.27. The van der Waals surface area contributed by atoms with Crippen molar-refractivity contribution in [1.82, 2.24) is 9.78 Å². The largest absolute Gasteiger partial charge is 0.496 e. The van der Waals surface area contributed by atoms with Crippen LogP contribution in [-0.4, -0.2) is 23.4 Å². The predicted molar refractivity (Wildman–Crippen MR) is 105 cm³/mol. The van der Waals surface area contributed by atoms with Gasteiger partial charge in [-0.3, -0.25) is 0 Å². The maximum Gasteiger partial charge on any atom is 0.133 e. The van der Waals surface area contributed by atoms with E-state index in [-0.39, 0.29) is 0 Å². The summed E-state index contributed by atoms with van der Waals surface area (Å²) in [4.78, 5) is 0. The second-order valence-corrected chi connectivity index (χ2v) is 7.07. The van der Waals surface area contributed by atoms with Gasteiger partial charge in [-0.05, 0) is 49.6 Å². The summed E-state index contributed by atoms with van der Waals surface area (Å²) in [5, 5.41) is 8.56. The molecule has 0 spiro atoms. The highest BCUT2D eigenvalue weighted by molar-refractivity contribution is 9.10. The van der Waals surface area contributed by atoms with Gasteiger partial charge in [0.05, 0.1) is 12.8 Å². The number of hydrogen-bond donors (Lipinski definition) is 1. The summed E-state index contributed by atoms with van der Waals surface area (Å²) < 4.78 is 8.64. The zero-order valence-electron chi connectivity index (χ0n) is 14.1. The van der Waals surface area contributed by atoms with Crippen LogP contribution in [0.4, 0.5) is 5.82 Å². The second-order valence-electron chi connectivity index (χ2n) is 6.15. The highest BCUT2D eigenvalue weighted by Gasteiger charge is 2.23. The van der Waals surface area contributed by atoms with Gasteiger partial charge < -0.3 is 10.1 Å². The van der Waals surface area contributed by atoms with Crippen molar-refractivity contribution in [1.29, 1.82) is 0 Å². The first-order valence-electron chi connectivity index (χ1n) is 8.53. The highest BCUT2D eigenvalue weighted by atomic mass is 79.9. The number of rotatable bonds is 3. The molecular formula is C20H20BrN3O. The SMILES string of the molecule is COc1ccccc1-c1nn(-c2cccc(Br)c2)c2c1CCCCN2. The Morgan fingerprint density at radius 1 is 1.12 bits per heavy atom. The molecule has 0 atom stereocenters. The number of anilines is 1. The summed E-state index contributed by atoms with van der Waals surface area (Å²) in [5.74, 6) is 1.95. The fraction of sp³-hybridized carbons (Fsp3) is 0.250. The number of aromatic nitrogens is 2. The molecular weight excluding hydrogens is 378 g/mol. The Morgan fingerprint density at radius 3 is 2.84 bits per heavy atom. The smallest absolute Gasteiger partial charge is 0.133 e. The van der Waals surface area contributed by atoms with Crippen LogP contribution in [0.15, 0.2) is 53.0 Å². The summed E-state index contributed by atoms with van der Waals surface area (Å²) >= 11 is 3.56. The van der Waals surface area contributed by atoms with Crippen LogP contribution in [0.2, 0.25) is 0 Å². The Labute approximate surface area is 156 Å². The molecule has 128 valence electrons. The van der Waals surface area contributed by atoms with E-state index in [0.29, 0.717) is 0 Å². The van der Waals surface area contributed by atoms with Gasteiger partial charge in [-0.25, -0.2) is 4.68 Å². The first kappa shape index (κ1) is 16.2. The zero-order chi connectivity index (χ0) is 17.2. The van der Waals surface area contributed by atoms with Crippen LogP contribution in [0.3, 0.4) is 0 Å². The number of nitrogens with zero attached hydrogens (tertiary/aromatic N) is 2. The van der Waals surface area contributed by atoms with Gasteiger partial charge in [-0.1, -0.05) is 34.1 Å². The monoisotopic (exact) mass is 397 g/mol. The number of fused-ring (bicyclic) bond motifs is 1. The molecule has 1 aromatic heterocycles. The Balaban J connectivity index is 1.94. The van der Waals surface area contributed by atoms with Gasteiger partial charge in [0, 0.05) is 22.1 Å². The molecule has 4 rings (SSSR count). The van der Waals surface area contributed by atoms with Gasteiger partial charge in [0.25, 0.3) is 0 Å². The zero-order valence-corrected chi connectivity index (χ0v) is 15.7. The lowest BCUT2D eigenvalue weighted by atomic mass is 10.0. The minimum atomic E-state index is 0.855. The number of nitrogens with one attached hydrogen (secondary N) is 1. The average molecular weight is 398 g/mol. The molecule has 2 aromatic carbocycles. The van der Waals surface area contributed by atoms with E-state index in [0.717, 1.165) is 52.4 Å². The van der Waals surface area contributed by atoms with E-state index in [9.17, 15) is 0 Å². The number of benzene rings is 2. The number of para-hydroxylation sites is 1. The fourth-order valence-corrected chi connectivity index (χ4v) is 3.74. The fourth-order valence-electron chi connectivity index (χ4n) is 3.35. The number of methoxy groups -OCH3 is 1. The van der Waals surface area contributed by atoms with Gasteiger partial charge in [0.15, 0.2) is 0 Å². The molecule has 0 aliphatic carbocycles. The van der Waals surface area contributed by atoms with Gasteiger partial charge in [0.2, 0.25) is 0 Å². The van der Waals surface area contributed by atoms with E-state index in [1.807, 2.05) is 35.0 Å². The van der Waals surface area contributed by atoms with Crippen LogP contribution < -0.4 is 10.1 Å². The van der Waals surface area contributed by atoms with E-state index >= 15 is 0 Å². The topological polar surface area (TPSA) is 39.1 Å². The van der Waals surface area contributed by atoms with Gasteiger partial charge >= 0.3 is 0 Å². The second kappa shape index (κ2) is 6.92. The number of hydrogen-bond acceptors (Lipinski definition) is 3. The van der Waals surface area contributed by atoms with Crippen molar-refractivity contribution in [3.05, 3.63) is 58.6 Å². The summed E-state index contributed by atoms with van der Waals surface area (Å²) in [7, 11) is 1.71. The van der Waals surface area contributed by atoms with Crippen molar-refractivity contribution in [2.45, 2.75) is 19.3 Å². The predicted octanol–water partition coefficient (Wildman–Crippen LogP) is 5.06. The Bertz CT molecular complexity index is 904. The maximum absolute atomic E-state index is 5.58. The Kier molecular flexibility index (Phi) is 4.49. The van der Waals surface area contributed by atoms with Crippen LogP contribution in [0.25, 0.3) is 16.9 Å². The number of ether oxygens (including phenoxy) is 1. The van der Waals surface area contributed by atoms with E-state index in [2.05, 4.69) is 39.4 Å². The van der Waals surface area contributed by atoms with E-state index in [1.54, 1.807) is 7.11 Å². The third kappa shape index (κ3) is 3.04. The summed E-state index contributed by atoms with van der Waals surface area (Å²) in [5.41, 5.74) is 4.35. The molecule has 1 aliphatic rings. The third-order valence-corrected chi connectivity index (χ3v) is 5.04. The molecule has 2 heterocycles. The molecule has 0 unspecified atom stereocenters. The van der Waals surface area contributed by atoms with E-state index in [1.165, 1.54) is 12.0 Å². The molecule has 0 fully saturated rings. The molecule has 5 heteroatoms. The Morgan fingerprint density at radius 2 is 2.00 bits per heavy atom. The van der Waals surface area contributed by atoms with Crippen molar-refractivity contribution in [3.63, 3.8) is 0 Å². The molecule has 0 saturated heterocycles. The van der Waals surface area contributed by atoms with E-state index < -0.39 is 0 Å². The standard InChI is InChI=1S/C20H20BrN3O/c1-25-18-11-3-2-9-16(18)19-17-10-4-5-12-22-20(17)24(23-19)15-8-6-7-14(21)13-15/h2-3,6-9,11,13,22H,4-5,10,12H2,1H3. The first-order chi connectivity index (χ1) is 12.3. The molecule has 3 aromatic rings. The lowest BCUT2D eigenvalue weighted by Crippen LogP contribution is -2.07. The van der Waals surface area contributed by atoms with Crippen LogP contribution in [0.5, 0.6) is 5.75 Å². The normalized spacial score (nSPS) is 13.7. The van der Waals surface area contributed by atoms with Crippen LogP contribution in [0.1, 0.15) is 18.4 Å². The molecule has 0 saturated carbocycles. The minimum Gasteiger partial charge on any atom is -0.496 e. The van der Waals surface area contributed by atoms with Crippen LogP contribution >= 0.6 is 15.9 Å². The van der Waals surface area contributed by atoms with Crippen molar-refractivity contribution < 1.29 is 4.74 Å². The minimum absolute atomic E-state index is 0.855. The van der Waals surface area contributed by atoms with E-state index in [4.69, 9.17) is 9.84 Å². The summed E-state index contributed by atoms with van der Waals surface area (Å²) in [6.45, 7) is 0.970. The maximum atomic E-state index is 5.58. The van der Waals surface area contributed by atoms with Crippen LogP contribution in [0, 0.1) is 0 Å². The van der Waals surface area contributed by atoms with Gasteiger partial charge in [-0.15, -0.1) is 0 Å². The summed E-state index contributed by atoms with van der Waals surface area (Å²) in [6, 6.07) is 16.3. The van der Waals surface area contributed by atoms with Crippen molar-refractivity contribution >= 4 is 21.7 Å². The number of halogens is 1. The molecule has 25 heavy (non-hydrogen) atoms. The molecule has 0 amide bonds. The molecule has 1 aliphatic heterocycles. The molecule has 0 bridgehead atoms. The van der Waals surface area contributed by atoms with Crippen LogP contribution in [-0.2, 0) is 6.42 Å². The van der Waals surface area contributed by atoms with Crippen molar-refractivity contribution in [2.24, 2.45) is 0 Å². The highest BCUT2D eigenvalue weighted by Crippen LogP contribution is 2.38. The average Bonchev–Trinajstić information content (AvgIpc) is 2.82. The van der Waals surface area contributed by atoms with Crippen molar-refractivity contribution in [3.8, 4) is 22.7 Å².